The minimum Gasteiger partial charge on any atom is -0.482 e. The lowest BCUT2D eigenvalue weighted by Gasteiger charge is -2.27. The summed E-state index contributed by atoms with van der Waals surface area (Å²) in [4.78, 5) is 16.6. The number of rotatable bonds is 12. The molecule has 1 atom stereocenters. The second-order valence-electron chi connectivity index (χ2n) is 13.7. The van der Waals surface area contributed by atoms with Crippen molar-refractivity contribution < 1.29 is 14.2 Å². The van der Waals surface area contributed by atoms with E-state index in [9.17, 15) is 0 Å². The zero-order valence-corrected chi connectivity index (χ0v) is 30.2. The van der Waals surface area contributed by atoms with Gasteiger partial charge >= 0.3 is 0 Å². The maximum absolute atomic E-state index is 6.43. The molecule has 0 amide bonds. The maximum atomic E-state index is 6.43. The third-order valence-corrected chi connectivity index (χ3v) is 9.63. The molecule has 0 bridgehead atoms. The number of morpholine rings is 1. The predicted octanol–water partition coefficient (Wildman–Crippen LogP) is 7.09. The van der Waals surface area contributed by atoms with Gasteiger partial charge < -0.3 is 14.2 Å². The predicted molar refractivity (Wildman–Crippen MR) is 204 cm³/mol. The van der Waals surface area contributed by atoms with Gasteiger partial charge in [0.1, 0.15) is 25.2 Å². The Bertz CT molecular complexity index is 1920. The fraction of sp³-hybridized carbons (Fsp3) is 0.318. The van der Waals surface area contributed by atoms with Crippen LogP contribution in [0.15, 0.2) is 116 Å². The molecule has 1 aromatic heterocycles. The van der Waals surface area contributed by atoms with Crippen LogP contribution in [-0.2, 0) is 31.0 Å². The Morgan fingerprint density at radius 3 is 1.94 bits per heavy atom. The van der Waals surface area contributed by atoms with Crippen molar-refractivity contribution in [2.75, 3.05) is 39.5 Å². The minimum absolute atomic E-state index is 0.241. The second kappa shape index (κ2) is 17.5. The average molecular weight is 694 g/mol. The summed E-state index contributed by atoms with van der Waals surface area (Å²) in [5.41, 5.74) is 7.59. The fourth-order valence-electron chi connectivity index (χ4n) is 6.73. The number of nitrogens with zero attached hydrogens (tertiary/aromatic N) is 5. The highest BCUT2D eigenvalue weighted by molar-refractivity contribution is 5.44. The zero-order valence-electron chi connectivity index (χ0n) is 30.2. The van der Waals surface area contributed by atoms with Gasteiger partial charge in [0.25, 0.3) is 5.88 Å². The molecule has 7 rings (SSSR count). The van der Waals surface area contributed by atoms with Gasteiger partial charge in [-0.3, -0.25) is 14.7 Å². The van der Waals surface area contributed by atoms with Crippen LogP contribution in [0.1, 0.15) is 59.0 Å². The lowest BCUT2D eigenvalue weighted by Crippen LogP contribution is -2.35. The molecular formula is C44H47N5O3. The first-order valence-electron chi connectivity index (χ1n) is 18.2. The van der Waals surface area contributed by atoms with Crippen molar-refractivity contribution in [2.24, 2.45) is 0 Å². The van der Waals surface area contributed by atoms with E-state index in [1.165, 1.54) is 11.1 Å². The molecule has 5 aromatic rings. The standard InChI is InChI=1S/C44H47N5O3/c1-34(2)49-33-48(28-41-43(51-30-38-9-5-3-6-10-38)44(46-32-45-41)52-31-39-11-7-4-8-12-39)29-42(49)40-21-19-36(20-22-40)14-13-35-15-17-37(18-16-35)27-47-23-25-50-26-24-47/h3-12,15-22,32,34,42H,23-31,33H2,1-2H3. The van der Waals surface area contributed by atoms with Crippen molar-refractivity contribution in [3.63, 3.8) is 0 Å². The lowest BCUT2D eigenvalue weighted by molar-refractivity contribution is 0.0342. The summed E-state index contributed by atoms with van der Waals surface area (Å²) >= 11 is 0. The van der Waals surface area contributed by atoms with Gasteiger partial charge in [0.05, 0.1) is 19.9 Å². The first kappa shape index (κ1) is 35.4. The van der Waals surface area contributed by atoms with Gasteiger partial charge in [-0.1, -0.05) is 96.8 Å². The van der Waals surface area contributed by atoms with Gasteiger partial charge in [-0.2, -0.15) is 4.98 Å². The van der Waals surface area contributed by atoms with E-state index in [0.717, 1.165) is 74.0 Å². The van der Waals surface area contributed by atoms with Crippen LogP contribution in [0.25, 0.3) is 0 Å². The molecule has 4 aromatic carbocycles. The van der Waals surface area contributed by atoms with E-state index in [1.807, 2.05) is 48.5 Å². The van der Waals surface area contributed by atoms with Crippen LogP contribution >= 0.6 is 0 Å². The molecule has 0 aliphatic carbocycles. The van der Waals surface area contributed by atoms with Gasteiger partial charge in [-0.25, -0.2) is 4.98 Å². The van der Waals surface area contributed by atoms with E-state index in [1.54, 1.807) is 6.33 Å². The van der Waals surface area contributed by atoms with Gasteiger partial charge in [0.15, 0.2) is 0 Å². The van der Waals surface area contributed by atoms with Crippen LogP contribution in [0.5, 0.6) is 11.6 Å². The van der Waals surface area contributed by atoms with Gasteiger partial charge in [-0.15, -0.1) is 0 Å². The normalized spacial score (nSPS) is 16.8. The number of benzene rings is 4. The topological polar surface area (TPSA) is 63.2 Å². The van der Waals surface area contributed by atoms with Gasteiger partial charge in [-0.05, 0) is 60.4 Å². The lowest BCUT2D eigenvalue weighted by atomic mass is 10.0. The Morgan fingerprint density at radius 2 is 1.31 bits per heavy atom. The molecule has 1 unspecified atom stereocenters. The highest BCUT2D eigenvalue weighted by Gasteiger charge is 2.34. The molecule has 2 saturated heterocycles. The summed E-state index contributed by atoms with van der Waals surface area (Å²) in [6.45, 7) is 12.2. The fourth-order valence-corrected chi connectivity index (χ4v) is 6.73. The molecular weight excluding hydrogens is 647 g/mol. The third-order valence-electron chi connectivity index (χ3n) is 9.63. The van der Waals surface area contributed by atoms with Crippen LogP contribution in [0.3, 0.4) is 0 Å². The van der Waals surface area contributed by atoms with Crippen LogP contribution < -0.4 is 9.47 Å². The molecule has 3 heterocycles. The smallest absolute Gasteiger partial charge is 0.260 e. The van der Waals surface area contributed by atoms with Crippen LogP contribution in [0.4, 0.5) is 0 Å². The molecule has 8 heteroatoms. The Morgan fingerprint density at radius 1 is 0.692 bits per heavy atom. The number of hydrogen-bond acceptors (Lipinski definition) is 8. The van der Waals surface area contributed by atoms with Crippen molar-refractivity contribution in [3.8, 4) is 23.5 Å². The quantitative estimate of drug-likeness (QED) is 0.129. The largest absolute Gasteiger partial charge is 0.482 e. The van der Waals surface area contributed by atoms with Gasteiger partial charge in [0, 0.05) is 55.9 Å². The van der Waals surface area contributed by atoms with Crippen LogP contribution in [0, 0.1) is 11.8 Å². The monoisotopic (exact) mass is 693 g/mol. The van der Waals surface area contributed by atoms with E-state index < -0.39 is 0 Å². The third kappa shape index (κ3) is 9.44. The summed E-state index contributed by atoms with van der Waals surface area (Å²) in [6, 6.07) is 38.2. The summed E-state index contributed by atoms with van der Waals surface area (Å²) < 4.78 is 18.1. The SMILES string of the molecule is CC(C)N1CN(Cc2ncnc(OCc3ccccc3)c2OCc2ccccc2)CC1c1ccc(C#Cc2ccc(CN3CCOCC3)cc2)cc1. The number of hydrogen-bond donors (Lipinski definition) is 0. The summed E-state index contributed by atoms with van der Waals surface area (Å²) in [5.74, 6) is 7.78. The van der Waals surface area contributed by atoms with Crippen LogP contribution in [-0.4, -0.2) is 70.2 Å². The molecule has 2 fully saturated rings. The maximum Gasteiger partial charge on any atom is 0.260 e. The molecule has 52 heavy (non-hydrogen) atoms. The van der Waals surface area contributed by atoms with Crippen molar-refractivity contribution in [1.82, 2.24) is 24.7 Å². The summed E-state index contributed by atoms with van der Waals surface area (Å²) in [6.07, 6.45) is 1.58. The van der Waals surface area contributed by atoms with E-state index in [4.69, 9.17) is 19.2 Å². The van der Waals surface area contributed by atoms with Gasteiger partial charge in [0.2, 0.25) is 5.75 Å². The Balaban J connectivity index is 1.03. The first-order chi connectivity index (χ1) is 25.6. The molecule has 266 valence electrons. The average Bonchev–Trinajstić information content (AvgIpc) is 3.62. The molecule has 8 nitrogen and oxygen atoms in total. The van der Waals surface area contributed by atoms with E-state index in [-0.39, 0.29) is 6.04 Å². The highest BCUT2D eigenvalue weighted by atomic mass is 16.5. The van der Waals surface area contributed by atoms with Crippen molar-refractivity contribution in [1.29, 1.82) is 0 Å². The zero-order chi connectivity index (χ0) is 35.5. The summed E-state index contributed by atoms with van der Waals surface area (Å²) in [5, 5.41) is 0. The first-order valence-corrected chi connectivity index (χ1v) is 18.2. The molecule has 2 aliphatic heterocycles. The highest BCUT2D eigenvalue weighted by Crippen LogP contribution is 2.34. The summed E-state index contributed by atoms with van der Waals surface area (Å²) in [7, 11) is 0. The molecule has 0 spiro atoms. The second-order valence-corrected chi connectivity index (χ2v) is 13.7. The van der Waals surface area contributed by atoms with Crippen molar-refractivity contribution in [2.45, 2.75) is 52.2 Å². The Kier molecular flexibility index (Phi) is 11.9. The number of aromatic nitrogens is 2. The minimum atomic E-state index is 0.241. The Hall–Kier alpha value is -5.04. The van der Waals surface area contributed by atoms with E-state index in [0.29, 0.717) is 37.4 Å². The van der Waals surface area contributed by atoms with E-state index in [2.05, 4.69) is 106 Å². The molecule has 0 saturated carbocycles. The van der Waals surface area contributed by atoms with Crippen molar-refractivity contribution >= 4 is 0 Å². The Labute approximate surface area is 308 Å². The molecule has 2 aliphatic rings. The van der Waals surface area contributed by atoms with E-state index >= 15 is 0 Å². The van der Waals surface area contributed by atoms with Crippen molar-refractivity contribution in [3.05, 3.63) is 155 Å². The molecule has 0 radical (unpaired) electrons. The number of ether oxygens (including phenoxy) is 3. The van der Waals surface area contributed by atoms with Crippen LogP contribution in [0.2, 0.25) is 0 Å². The molecule has 0 N–H and O–H groups in total.